The number of hydrogen-bond donors (Lipinski definition) is 1. The number of nitrogens with one attached hydrogen (secondary N) is 1. The van der Waals surface area contributed by atoms with Crippen LogP contribution in [-0.4, -0.2) is 0 Å². The van der Waals surface area contributed by atoms with Crippen LogP contribution in [-0.2, 0) is 10.8 Å². The molecule has 0 aliphatic carbocycles. The minimum atomic E-state index is 0.0263. The van der Waals surface area contributed by atoms with Gasteiger partial charge in [-0.2, -0.15) is 5.11 Å². The Morgan fingerprint density at radius 2 is 0.692 bits per heavy atom. The van der Waals surface area contributed by atoms with E-state index in [1.807, 2.05) is 0 Å². The van der Waals surface area contributed by atoms with Crippen LogP contribution in [0.25, 0.3) is 93.2 Å². The largest absolute Gasteiger partial charge is 0.401 e. The topological polar surface area (TPSA) is 64.4 Å². The summed E-state index contributed by atoms with van der Waals surface area (Å²) in [5.41, 5.74) is 41.2. The molecule has 0 bridgehead atoms. The Bertz CT molecular complexity index is 4460. The summed E-state index contributed by atoms with van der Waals surface area (Å²) in [6, 6.07) is 51.9. The second-order valence-corrected chi connectivity index (χ2v) is 23.5. The molecule has 10 rings (SSSR count). The number of fused-ring (bicyclic) bond motifs is 4. The maximum Gasteiger partial charge on any atom is 0.401 e. The molecule has 0 aliphatic heterocycles. The van der Waals surface area contributed by atoms with Gasteiger partial charge in [-0.1, -0.05) is 174 Å². The molecule has 0 saturated carbocycles. The normalized spacial score (nSPS) is 11.6. The van der Waals surface area contributed by atoms with Crippen LogP contribution in [0.15, 0.2) is 162 Å². The van der Waals surface area contributed by atoms with Gasteiger partial charge in [0.05, 0.1) is 10.8 Å². The van der Waals surface area contributed by atoms with Gasteiger partial charge in [0.15, 0.2) is 4.98 Å². The first-order valence-corrected chi connectivity index (χ1v) is 27.0. The molecule has 0 atom stereocenters. The van der Waals surface area contributed by atoms with Gasteiger partial charge in [-0.3, -0.25) is 0 Å². The maximum absolute atomic E-state index is 11.1. The third-order valence-corrected chi connectivity index (χ3v) is 15.9. The summed E-state index contributed by atoms with van der Waals surface area (Å²) in [5.74, 6) is 0. The summed E-state index contributed by atoms with van der Waals surface area (Å²) in [6.07, 6.45) is 0. The van der Waals surface area contributed by atoms with Crippen LogP contribution in [0.2, 0.25) is 0 Å². The second-order valence-electron chi connectivity index (χ2n) is 23.5. The first-order chi connectivity index (χ1) is 37.2. The van der Waals surface area contributed by atoms with Gasteiger partial charge in [-0.15, -0.1) is 0 Å². The van der Waals surface area contributed by atoms with Gasteiger partial charge in [-0.05, 0) is 223 Å². The molecular weight excluding hydrogens is 945 g/mol. The molecule has 0 saturated heterocycles. The molecule has 0 amide bonds. The predicted octanol–water partition coefficient (Wildman–Crippen LogP) is 17.2. The molecule has 4 heteroatoms. The zero-order chi connectivity index (χ0) is 55.5. The van der Waals surface area contributed by atoms with Gasteiger partial charge in [0.25, 0.3) is 0 Å². The Hall–Kier alpha value is -8.88. The molecule has 0 heterocycles. The van der Waals surface area contributed by atoms with Crippen molar-refractivity contribution < 1.29 is 0 Å². The highest BCUT2D eigenvalue weighted by molar-refractivity contribution is 6.21. The number of hydrogen-bond acceptors (Lipinski definition) is 3. The SMILES string of the molecule is Cc1cc(C(C)(C)C)cc(C)c1-c1c2ccccc2c(C(N=N)=c2c(C)cc(=C=C=C=C=c3cc(C)c(=C([N+]#N)c4c5ccccc5c(-c5c(C)cc(C(C)(C)C)cc5C)c5ccccc45)c(C)c3)cc2C)c2ccccc12. The van der Waals surface area contributed by atoms with Crippen LogP contribution in [0.1, 0.15) is 108 Å². The summed E-state index contributed by atoms with van der Waals surface area (Å²) in [6.45, 7) is 30.8. The lowest BCUT2D eigenvalue weighted by Gasteiger charge is -2.24. The van der Waals surface area contributed by atoms with Gasteiger partial charge in [0.1, 0.15) is 5.70 Å². The van der Waals surface area contributed by atoms with Crippen molar-refractivity contribution in [2.24, 2.45) is 5.11 Å². The van der Waals surface area contributed by atoms with Gasteiger partial charge < -0.3 is 0 Å². The maximum atomic E-state index is 11.1. The Morgan fingerprint density at radius 1 is 0.397 bits per heavy atom. The lowest BCUT2D eigenvalue weighted by molar-refractivity contribution is 0.589. The smallest absolute Gasteiger partial charge is 0.204 e. The van der Waals surface area contributed by atoms with Crippen LogP contribution in [0.5, 0.6) is 0 Å². The van der Waals surface area contributed by atoms with E-state index in [-0.39, 0.29) is 10.8 Å². The monoisotopic (exact) mass is 1010 g/mol. The van der Waals surface area contributed by atoms with E-state index in [2.05, 4.69) is 276 Å². The molecular formula is C74H67N4+. The molecule has 0 aliphatic rings. The Morgan fingerprint density at radius 3 is 0.987 bits per heavy atom. The molecule has 1 N–H and O–H groups in total. The fraction of sp³-hybridized carbons (Fsp3) is 0.216. The van der Waals surface area contributed by atoms with E-state index in [0.717, 1.165) is 97.3 Å². The predicted molar refractivity (Wildman–Crippen MR) is 330 cm³/mol. The minimum absolute atomic E-state index is 0.0263. The highest BCUT2D eigenvalue weighted by atomic mass is 15.0. The molecule has 10 aromatic carbocycles. The van der Waals surface area contributed by atoms with Crippen molar-refractivity contribution in [2.75, 3.05) is 0 Å². The summed E-state index contributed by atoms with van der Waals surface area (Å²) < 4.78 is 0. The van der Waals surface area contributed by atoms with Crippen molar-refractivity contribution in [1.29, 1.82) is 10.9 Å². The van der Waals surface area contributed by atoms with E-state index in [9.17, 15) is 5.39 Å². The van der Waals surface area contributed by atoms with Crippen LogP contribution < -0.4 is 20.9 Å². The number of diazo groups is 1. The van der Waals surface area contributed by atoms with E-state index in [1.165, 1.54) is 55.6 Å². The van der Waals surface area contributed by atoms with Crippen molar-refractivity contribution in [3.05, 3.63) is 250 Å². The third-order valence-electron chi connectivity index (χ3n) is 15.9. The molecule has 0 aromatic heterocycles. The Kier molecular flexibility index (Phi) is 13.6. The second kappa shape index (κ2) is 20.2. The number of nitrogens with zero attached hydrogens (tertiary/aromatic N) is 3. The Balaban J connectivity index is 1.12. The molecule has 4 nitrogen and oxygen atoms in total. The van der Waals surface area contributed by atoms with E-state index in [1.54, 1.807) is 0 Å². The third kappa shape index (κ3) is 9.25. The van der Waals surface area contributed by atoms with Crippen molar-refractivity contribution >= 4 is 65.9 Å². The standard InChI is InChI=1S/C74H67N4/c1-43-35-51(36-44(2)65(43)71(77-75)69-59-31-21-17-27-55(59)67(56-28-18-22-32-60(56)69)63-47(5)39-53(40-48(63)6)73(9,10)11)25-15-16-26-52-37-45(3)66(46(4)38-52)72(78-76)70-61-33-23-19-29-57(61)68(58-30-20-24-34-62(58)70)64-49(7)41-54(42-50(64)8)74(12,13)14/h17-24,27-42,75H,1-14H3/q+1. The molecule has 0 spiro atoms. The van der Waals surface area contributed by atoms with Crippen LogP contribution in [0.4, 0.5) is 0 Å². The highest BCUT2D eigenvalue weighted by Gasteiger charge is 2.29. The fourth-order valence-electron chi connectivity index (χ4n) is 12.4. The van der Waals surface area contributed by atoms with Gasteiger partial charge in [0.2, 0.25) is 5.39 Å². The molecule has 0 radical (unpaired) electrons. The minimum Gasteiger partial charge on any atom is -0.204 e. The molecule has 0 fully saturated rings. The zero-order valence-electron chi connectivity index (χ0n) is 47.7. The lowest BCUT2D eigenvalue weighted by atomic mass is 9.80. The molecule has 0 unspecified atom stereocenters. The lowest BCUT2D eigenvalue weighted by Crippen LogP contribution is -2.19. The number of rotatable bonds is 5. The molecule has 10 aromatic rings. The zero-order valence-corrected chi connectivity index (χ0v) is 47.7. The Labute approximate surface area is 459 Å². The first kappa shape index (κ1) is 52.6. The van der Waals surface area contributed by atoms with E-state index >= 15 is 0 Å². The van der Waals surface area contributed by atoms with Crippen molar-refractivity contribution in [3.63, 3.8) is 0 Å². The van der Waals surface area contributed by atoms with Crippen molar-refractivity contribution in [3.8, 4) is 22.3 Å². The number of aryl methyl sites for hydroxylation is 8. The molecule has 78 heavy (non-hydrogen) atoms. The van der Waals surface area contributed by atoms with Crippen molar-refractivity contribution in [2.45, 2.75) is 108 Å². The van der Waals surface area contributed by atoms with Crippen LogP contribution in [0, 0.1) is 66.3 Å². The van der Waals surface area contributed by atoms with Crippen molar-refractivity contribution in [1.82, 2.24) is 0 Å². The van der Waals surface area contributed by atoms with E-state index in [0.29, 0.717) is 11.4 Å². The van der Waals surface area contributed by atoms with E-state index < -0.39 is 0 Å². The fourth-order valence-corrected chi connectivity index (χ4v) is 12.4. The summed E-state index contributed by atoms with van der Waals surface area (Å²) in [4.78, 5) is 4.12. The summed E-state index contributed by atoms with van der Waals surface area (Å²) >= 11 is 0. The average molecular weight is 1010 g/mol. The molecule has 382 valence electrons. The highest BCUT2D eigenvalue weighted by Crippen LogP contribution is 2.46. The summed E-state index contributed by atoms with van der Waals surface area (Å²) in [7, 11) is 0. The quantitative estimate of drug-likeness (QED) is 0.0794. The number of benzene rings is 10. The van der Waals surface area contributed by atoms with Gasteiger partial charge in [-0.25, -0.2) is 5.53 Å². The first-order valence-electron chi connectivity index (χ1n) is 27.0. The average Bonchev–Trinajstić information content (AvgIpc) is 2.99. The van der Waals surface area contributed by atoms with E-state index in [4.69, 9.17) is 5.53 Å². The van der Waals surface area contributed by atoms with Crippen LogP contribution in [0.3, 0.4) is 0 Å². The van der Waals surface area contributed by atoms with Crippen LogP contribution >= 0.6 is 0 Å². The summed E-state index contributed by atoms with van der Waals surface area (Å²) in [5, 5.41) is 27.6. The van der Waals surface area contributed by atoms with Gasteiger partial charge in [0, 0.05) is 21.2 Å². The van der Waals surface area contributed by atoms with Gasteiger partial charge >= 0.3 is 5.70 Å².